The van der Waals surface area contributed by atoms with Gasteiger partial charge in [-0.1, -0.05) is 66.7 Å². The van der Waals surface area contributed by atoms with Crippen molar-refractivity contribution < 1.29 is 8.83 Å². The van der Waals surface area contributed by atoms with Gasteiger partial charge in [-0.2, -0.15) is 0 Å². The highest BCUT2D eigenvalue weighted by molar-refractivity contribution is 7.25. The van der Waals surface area contributed by atoms with Crippen molar-refractivity contribution in [2.24, 2.45) is 0 Å². The lowest BCUT2D eigenvalue weighted by atomic mass is 9.89. The van der Waals surface area contributed by atoms with Crippen LogP contribution in [-0.2, 0) is 6.42 Å². The molecule has 5 heteroatoms. The van der Waals surface area contributed by atoms with Gasteiger partial charge in [0.05, 0.1) is 0 Å². The van der Waals surface area contributed by atoms with Gasteiger partial charge in [0.15, 0.2) is 5.76 Å². The number of aromatic nitrogens is 1. The molecule has 3 heterocycles. The predicted octanol–water partition coefficient (Wildman–Crippen LogP) is 12.4. The zero-order valence-electron chi connectivity index (χ0n) is 25.7. The van der Waals surface area contributed by atoms with E-state index in [2.05, 4.69) is 108 Å². The first-order valence-electron chi connectivity index (χ1n) is 16.3. The van der Waals surface area contributed by atoms with E-state index in [0.29, 0.717) is 5.89 Å². The maximum Gasteiger partial charge on any atom is 0.227 e. The number of rotatable bonds is 4. The first-order chi connectivity index (χ1) is 23.8. The van der Waals surface area contributed by atoms with Crippen LogP contribution >= 0.6 is 11.3 Å². The summed E-state index contributed by atoms with van der Waals surface area (Å²) in [7, 11) is 0. The standard InChI is InChI=1S/C43H26N2O2S/c1-2-9-25(10-3-1)43-44-41-33-21-22-35(32-13-8-14-34(40(32)33)42(41)47-43)45(26-17-19-29-28-11-4-6-15-36(28)46-37(29)23-26)27-18-20-31-30-12-5-7-16-38(30)48-39(31)24-27/h1-7,9-12,14-24H,8,13H2. The fourth-order valence-electron chi connectivity index (χ4n) is 7.80. The molecule has 226 valence electrons. The van der Waals surface area contributed by atoms with Crippen molar-refractivity contribution in [3.63, 3.8) is 0 Å². The van der Waals surface area contributed by atoms with Gasteiger partial charge in [-0.3, -0.25) is 0 Å². The number of fused-ring (bicyclic) bond motifs is 9. The van der Waals surface area contributed by atoms with Gasteiger partial charge in [-0.25, -0.2) is 4.98 Å². The fraction of sp³-hybridized carbons (Fsp3) is 0.0465. The first-order valence-corrected chi connectivity index (χ1v) is 17.2. The summed E-state index contributed by atoms with van der Waals surface area (Å²) in [5.74, 6) is 1.55. The Hall–Kier alpha value is -5.91. The highest BCUT2D eigenvalue weighted by Crippen LogP contribution is 2.53. The largest absolute Gasteiger partial charge is 0.456 e. The summed E-state index contributed by atoms with van der Waals surface area (Å²) in [6.07, 6.45) is 4.20. The smallest absolute Gasteiger partial charge is 0.227 e. The predicted molar refractivity (Wildman–Crippen MR) is 198 cm³/mol. The zero-order chi connectivity index (χ0) is 31.3. The minimum Gasteiger partial charge on any atom is -0.456 e. The molecule has 0 spiro atoms. The third kappa shape index (κ3) is 3.68. The Kier molecular flexibility index (Phi) is 5.35. The van der Waals surface area contributed by atoms with Crippen LogP contribution < -0.4 is 4.90 Å². The van der Waals surface area contributed by atoms with Crippen molar-refractivity contribution in [3.8, 4) is 22.7 Å². The summed E-state index contributed by atoms with van der Waals surface area (Å²) >= 11 is 1.85. The van der Waals surface area contributed by atoms with Crippen molar-refractivity contribution in [2.75, 3.05) is 4.90 Å². The van der Waals surface area contributed by atoms with Crippen LogP contribution in [0.4, 0.5) is 17.1 Å². The fourth-order valence-corrected chi connectivity index (χ4v) is 8.94. The van der Waals surface area contributed by atoms with E-state index >= 15 is 0 Å². The van der Waals surface area contributed by atoms with Gasteiger partial charge < -0.3 is 13.7 Å². The summed E-state index contributed by atoms with van der Waals surface area (Å²) in [5, 5.41) is 4.85. The third-order valence-corrected chi connectivity index (χ3v) is 11.1. The number of furan rings is 1. The van der Waals surface area contributed by atoms with Crippen molar-refractivity contribution >= 4 is 76.1 Å². The molecule has 0 radical (unpaired) electrons. The molecule has 0 saturated heterocycles. The van der Waals surface area contributed by atoms with Gasteiger partial charge >= 0.3 is 0 Å². The van der Waals surface area contributed by atoms with Crippen LogP contribution in [0.2, 0.25) is 0 Å². The number of allylic oxidation sites excluding steroid dienone is 1. The summed E-state index contributed by atoms with van der Waals surface area (Å²) < 4.78 is 15.5. The van der Waals surface area contributed by atoms with Crippen LogP contribution in [0.15, 0.2) is 142 Å². The topological polar surface area (TPSA) is 42.4 Å². The molecular formula is C43H26N2O2S. The van der Waals surface area contributed by atoms with E-state index < -0.39 is 0 Å². The second-order valence-corrected chi connectivity index (χ2v) is 13.7. The summed E-state index contributed by atoms with van der Waals surface area (Å²) in [4.78, 5) is 7.45. The van der Waals surface area contributed by atoms with E-state index in [1.807, 2.05) is 41.7 Å². The van der Waals surface area contributed by atoms with Gasteiger partial charge in [-0.05, 0) is 84.6 Å². The van der Waals surface area contributed by atoms with E-state index in [-0.39, 0.29) is 0 Å². The van der Waals surface area contributed by atoms with Crippen molar-refractivity contribution in [1.82, 2.24) is 4.98 Å². The maximum atomic E-state index is 6.51. The summed E-state index contributed by atoms with van der Waals surface area (Å²) in [6.45, 7) is 0. The van der Waals surface area contributed by atoms with Crippen LogP contribution in [0.25, 0.3) is 70.4 Å². The molecule has 0 N–H and O–H groups in total. The highest BCUT2D eigenvalue weighted by atomic mass is 32.1. The molecule has 0 atom stereocenters. The molecule has 0 unspecified atom stereocenters. The Morgan fingerprint density at radius 3 is 2.29 bits per heavy atom. The van der Waals surface area contributed by atoms with Crippen molar-refractivity contribution in [2.45, 2.75) is 12.8 Å². The minimum atomic E-state index is 0.667. The maximum absolute atomic E-state index is 6.51. The molecular weight excluding hydrogens is 609 g/mol. The van der Waals surface area contributed by atoms with Gasteiger partial charge in [0.2, 0.25) is 5.89 Å². The molecule has 11 rings (SSSR count). The lowest BCUT2D eigenvalue weighted by Crippen LogP contribution is -2.14. The molecule has 0 amide bonds. The van der Waals surface area contributed by atoms with Crippen LogP contribution in [-0.4, -0.2) is 4.98 Å². The van der Waals surface area contributed by atoms with E-state index in [1.54, 1.807) is 0 Å². The minimum absolute atomic E-state index is 0.667. The molecule has 0 bridgehead atoms. The van der Waals surface area contributed by atoms with E-state index in [4.69, 9.17) is 13.8 Å². The second kappa shape index (κ2) is 9.80. The number of benzene rings is 6. The lowest BCUT2D eigenvalue weighted by Gasteiger charge is -2.30. The Morgan fingerprint density at radius 2 is 1.38 bits per heavy atom. The Labute approximate surface area is 279 Å². The SMILES string of the molecule is C1=C2c3oc(-c4ccccc4)nc3-c3ccc(N(c4ccc5c(c4)oc4ccccc45)c4ccc5c(c4)sc4ccccc45)c(c32)CC1. The van der Waals surface area contributed by atoms with Crippen LogP contribution in [0.5, 0.6) is 0 Å². The Morgan fingerprint density at radius 1 is 0.625 bits per heavy atom. The number of oxazole rings is 1. The quantitative estimate of drug-likeness (QED) is 0.193. The molecule has 0 saturated carbocycles. The van der Waals surface area contributed by atoms with Gasteiger partial charge in [0.25, 0.3) is 0 Å². The normalized spacial score (nSPS) is 13.4. The Bertz CT molecular complexity index is 2690. The molecule has 9 aromatic rings. The lowest BCUT2D eigenvalue weighted by molar-refractivity contribution is 0.562. The Balaban J connectivity index is 1.13. The number of anilines is 3. The molecule has 3 aromatic heterocycles. The molecule has 0 aliphatic heterocycles. The number of hydrogen-bond acceptors (Lipinski definition) is 5. The molecule has 6 aromatic carbocycles. The van der Waals surface area contributed by atoms with E-state index in [9.17, 15) is 0 Å². The number of para-hydroxylation sites is 1. The number of nitrogens with zero attached hydrogens (tertiary/aromatic N) is 2. The van der Waals surface area contributed by atoms with E-state index in [1.165, 1.54) is 37.0 Å². The van der Waals surface area contributed by atoms with Gasteiger partial charge in [-0.15, -0.1) is 11.3 Å². The zero-order valence-corrected chi connectivity index (χ0v) is 26.6. The molecule has 48 heavy (non-hydrogen) atoms. The average Bonchev–Trinajstić information content (AvgIpc) is 3.90. The summed E-state index contributed by atoms with van der Waals surface area (Å²) in [6, 6.07) is 45.2. The second-order valence-electron chi connectivity index (χ2n) is 12.6. The molecule has 2 aliphatic carbocycles. The third-order valence-electron chi connectivity index (χ3n) is 9.93. The highest BCUT2D eigenvalue weighted by Gasteiger charge is 2.35. The average molecular weight is 635 g/mol. The molecule has 2 aliphatic rings. The van der Waals surface area contributed by atoms with Gasteiger partial charge in [0, 0.05) is 70.8 Å². The molecule has 4 nitrogen and oxygen atoms in total. The number of thiophene rings is 1. The first kappa shape index (κ1) is 26.2. The number of hydrogen-bond donors (Lipinski definition) is 0. The van der Waals surface area contributed by atoms with Gasteiger partial charge in [0.1, 0.15) is 16.9 Å². The van der Waals surface area contributed by atoms with Crippen molar-refractivity contribution in [3.05, 3.63) is 150 Å². The van der Waals surface area contributed by atoms with Crippen LogP contribution in [0, 0.1) is 0 Å². The molecule has 0 fully saturated rings. The summed E-state index contributed by atoms with van der Waals surface area (Å²) in [5.41, 5.74) is 11.9. The van der Waals surface area contributed by atoms with Crippen LogP contribution in [0.3, 0.4) is 0 Å². The van der Waals surface area contributed by atoms with Crippen LogP contribution in [0.1, 0.15) is 23.3 Å². The monoisotopic (exact) mass is 634 g/mol. The van der Waals surface area contributed by atoms with E-state index in [0.717, 1.165) is 74.3 Å². The van der Waals surface area contributed by atoms with Crippen molar-refractivity contribution in [1.29, 1.82) is 0 Å².